The summed E-state index contributed by atoms with van der Waals surface area (Å²) < 4.78 is 27.7. The van der Waals surface area contributed by atoms with Crippen LogP contribution in [-0.2, 0) is 22.9 Å². The fraction of sp³-hybridized carbons (Fsp3) is 0.667. The summed E-state index contributed by atoms with van der Waals surface area (Å²) in [7, 11) is -3.38. The van der Waals surface area contributed by atoms with Gasteiger partial charge in [0.1, 0.15) is 0 Å². The molecule has 0 bridgehead atoms. The minimum Gasteiger partial charge on any atom is -0.314 e. The fourth-order valence-electron chi connectivity index (χ4n) is 3.86. The zero-order valence-electron chi connectivity index (χ0n) is 15.2. The number of piperazine rings is 1. The van der Waals surface area contributed by atoms with E-state index in [0.717, 1.165) is 51.0 Å². The third kappa shape index (κ3) is 4.37. The molecule has 3 rings (SSSR count). The van der Waals surface area contributed by atoms with Gasteiger partial charge in [-0.2, -0.15) is 4.31 Å². The number of hydrogen-bond acceptors (Lipinski definition) is 4. The average molecular weight is 388 g/mol. The van der Waals surface area contributed by atoms with E-state index < -0.39 is 10.0 Å². The molecule has 2 fully saturated rings. The first-order chi connectivity index (χ1) is 11.6. The molecule has 0 radical (unpaired) electrons. The summed E-state index contributed by atoms with van der Waals surface area (Å²) in [5.74, 6) is 0. The van der Waals surface area contributed by atoms with Gasteiger partial charge in [-0.25, -0.2) is 8.42 Å². The molecule has 1 atom stereocenters. The molecule has 1 aromatic rings. The molecule has 2 saturated heterocycles. The van der Waals surface area contributed by atoms with E-state index in [9.17, 15) is 8.42 Å². The van der Waals surface area contributed by atoms with Gasteiger partial charge in [-0.05, 0) is 42.5 Å². The number of nitrogens with zero attached hydrogens (tertiary/aromatic N) is 2. The molecule has 142 valence electrons. The third-order valence-electron chi connectivity index (χ3n) is 5.37. The number of nitrogens with one attached hydrogen (secondary N) is 1. The van der Waals surface area contributed by atoms with Crippen LogP contribution in [0.5, 0.6) is 0 Å². The summed E-state index contributed by atoms with van der Waals surface area (Å²) in [6.45, 7) is 9.49. The Morgan fingerprint density at radius 3 is 2.40 bits per heavy atom. The van der Waals surface area contributed by atoms with Crippen molar-refractivity contribution in [2.75, 3.05) is 39.3 Å². The maximum absolute atomic E-state index is 13.0. The largest absolute Gasteiger partial charge is 0.314 e. The standard InChI is InChI=1S/C18H29N3O2S.ClH/c1-3-15-5-6-18(13-16(15)4-2)24(22,23)21-10-7-17(14-21)20-11-8-19-9-12-20;/h5-6,13,17,19H,3-4,7-12,14H2,1-2H3;1H. The maximum atomic E-state index is 13.0. The third-order valence-corrected chi connectivity index (χ3v) is 7.23. The molecule has 0 aliphatic carbocycles. The van der Waals surface area contributed by atoms with Crippen LogP contribution in [0.25, 0.3) is 0 Å². The van der Waals surface area contributed by atoms with Crippen molar-refractivity contribution in [1.29, 1.82) is 0 Å². The second kappa shape index (κ2) is 8.82. The average Bonchev–Trinajstić information content (AvgIpc) is 3.12. The molecule has 1 aromatic carbocycles. The molecule has 0 aromatic heterocycles. The lowest BCUT2D eigenvalue weighted by molar-refractivity contribution is 0.179. The summed E-state index contributed by atoms with van der Waals surface area (Å²) in [4.78, 5) is 2.89. The molecule has 2 aliphatic heterocycles. The molecular formula is C18H30ClN3O2S. The predicted molar refractivity (Wildman–Crippen MR) is 104 cm³/mol. The zero-order valence-corrected chi connectivity index (χ0v) is 16.8. The van der Waals surface area contributed by atoms with Gasteiger partial charge in [-0.15, -0.1) is 12.4 Å². The van der Waals surface area contributed by atoms with E-state index in [2.05, 4.69) is 24.1 Å². The maximum Gasteiger partial charge on any atom is 0.243 e. The van der Waals surface area contributed by atoms with Gasteiger partial charge in [0.05, 0.1) is 4.90 Å². The van der Waals surface area contributed by atoms with Crippen molar-refractivity contribution in [3.63, 3.8) is 0 Å². The zero-order chi connectivity index (χ0) is 17.2. The predicted octanol–water partition coefficient (Wildman–Crippen LogP) is 1.90. The SMILES string of the molecule is CCc1ccc(S(=O)(=O)N2CCC(N3CCNCC3)C2)cc1CC.Cl. The highest BCUT2D eigenvalue weighted by Crippen LogP contribution is 2.26. The van der Waals surface area contributed by atoms with Crippen molar-refractivity contribution in [1.82, 2.24) is 14.5 Å². The highest BCUT2D eigenvalue weighted by atomic mass is 35.5. The Bertz CT molecular complexity index is 675. The van der Waals surface area contributed by atoms with Gasteiger partial charge in [0.25, 0.3) is 0 Å². The molecule has 25 heavy (non-hydrogen) atoms. The summed E-state index contributed by atoms with van der Waals surface area (Å²) in [5, 5.41) is 3.36. The number of sulfonamides is 1. The lowest BCUT2D eigenvalue weighted by Gasteiger charge is -2.32. The van der Waals surface area contributed by atoms with Gasteiger partial charge < -0.3 is 5.32 Å². The van der Waals surface area contributed by atoms with Gasteiger partial charge in [-0.3, -0.25) is 4.90 Å². The second-order valence-corrected chi connectivity index (χ2v) is 8.67. The minimum atomic E-state index is -3.38. The normalized spacial score (nSPS) is 22.7. The summed E-state index contributed by atoms with van der Waals surface area (Å²) in [6, 6.07) is 6.01. The number of hydrogen-bond donors (Lipinski definition) is 1. The Kier molecular flexibility index (Phi) is 7.29. The van der Waals surface area contributed by atoms with E-state index >= 15 is 0 Å². The lowest BCUT2D eigenvalue weighted by atomic mass is 10.0. The van der Waals surface area contributed by atoms with Crippen LogP contribution in [0.2, 0.25) is 0 Å². The van der Waals surface area contributed by atoms with Crippen molar-refractivity contribution in [2.45, 2.75) is 44.0 Å². The van der Waals surface area contributed by atoms with Crippen LogP contribution in [0.4, 0.5) is 0 Å². The van der Waals surface area contributed by atoms with E-state index in [0.29, 0.717) is 24.0 Å². The van der Waals surface area contributed by atoms with Crippen LogP contribution in [0, 0.1) is 0 Å². The van der Waals surface area contributed by atoms with Crippen molar-refractivity contribution in [3.05, 3.63) is 29.3 Å². The molecule has 0 saturated carbocycles. The molecule has 2 heterocycles. The smallest absolute Gasteiger partial charge is 0.243 e. The molecule has 0 spiro atoms. The van der Waals surface area contributed by atoms with Crippen molar-refractivity contribution < 1.29 is 8.42 Å². The van der Waals surface area contributed by atoms with Crippen molar-refractivity contribution in [3.8, 4) is 0 Å². The lowest BCUT2D eigenvalue weighted by Crippen LogP contribution is -2.49. The van der Waals surface area contributed by atoms with E-state index in [4.69, 9.17) is 0 Å². The first-order valence-corrected chi connectivity index (χ1v) is 10.6. The quantitative estimate of drug-likeness (QED) is 0.838. The molecule has 5 nitrogen and oxygen atoms in total. The van der Waals surface area contributed by atoms with Crippen LogP contribution >= 0.6 is 12.4 Å². The molecule has 1 unspecified atom stereocenters. The van der Waals surface area contributed by atoms with E-state index in [1.165, 1.54) is 5.56 Å². The van der Waals surface area contributed by atoms with Crippen LogP contribution in [0.3, 0.4) is 0 Å². The summed E-state index contributed by atoms with van der Waals surface area (Å²) in [5.41, 5.74) is 2.40. The van der Waals surface area contributed by atoms with Crippen LogP contribution in [0.1, 0.15) is 31.4 Å². The molecular weight excluding hydrogens is 358 g/mol. The number of aryl methyl sites for hydroxylation is 2. The van der Waals surface area contributed by atoms with E-state index in [1.54, 1.807) is 10.4 Å². The Labute approximate surface area is 158 Å². The number of benzene rings is 1. The highest BCUT2D eigenvalue weighted by molar-refractivity contribution is 7.89. The molecule has 0 amide bonds. The highest BCUT2D eigenvalue weighted by Gasteiger charge is 2.35. The summed E-state index contributed by atoms with van der Waals surface area (Å²) >= 11 is 0. The second-order valence-electron chi connectivity index (χ2n) is 6.73. The van der Waals surface area contributed by atoms with E-state index in [-0.39, 0.29) is 12.4 Å². The number of rotatable bonds is 5. The Morgan fingerprint density at radius 1 is 1.08 bits per heavy atom. The first kappa shape index (κ1) is 20.6. The molecule has 7 heteroatoms. The van der Waals surface area contributed by atoms with Crippen molar-refractivity contribution >= 4 is 22.4 Å². The first-order valence-electron chi connectivity index (χ1n) is 9.13. The van der Waals surface area contributed by atoms with Crippen LogP contribution in [-0.4, -0.2) is 62.9 Å². The minimum absolute atomic E-state index is 0. The van der Waals surface area contributed by atoms with Crippen molar-refractivity contribution in [2.24, 2.45) is 0 Å². The van der Waals surface area contributed by atoms with Gasteiger partial charge >= 0.3 is 0 Å². The monoisotopic (exact) mass is 387 g/mol. The Hall–Kier alpha value is -0.660. The van der Waals surface area contributed by atoms with Crippen LogP contribution in [0.15, 0.2) is 23.1 Å². The van der Waals surface area contributed by atoms with Gasteiger partial charge in [-0.1, -0.05) is 19.9 Å². The molecule has 1 N–H and O–H groups in total. The van der Waals surface area contributed by atoms with Gasteiger partial charge in [0, 0.05) is 45.3 Å². The Balaban J connectivity index is 0.00000225. The summed E-state index contributed by atoms with van der Waals surface area (Å²) in [6.07, 6.45) is 2.75. The van der Waals surface area contributed by atoms with E-state index in [1.807, 2.05) is 12.1 Å². The topological polar surface area (TPSA) is 52.7 Å². The molecule has 2 aliphatic rings. The van der Waals surface area contributed by atoms with Gasteiger partial charge in [0.15, 0.2) is 0 Å². The Morgan fingerprint density at radius 2 is 1.76 bits per heavy atom. The fourth-order valence-corrected chi connectivity index (χ4v) is 5.40. The van der Waals surface area contributed by atoms with Crippen LogP contribution < -0.4 is 5.32 Å². The van der Waals surface area contributed by atoms with Gasteiger partial charge in [0.2, 0.25) is 10.0 Å². The number of halogens is 1.